The molecule has 1 amide bonds. The third-order valence-corrected chi connectivity index (χ3v) is 3.20. The number of ether oxygens (including phenoxy) is 1. The van der Waals surface area contributed by atoms with Crippen molar-refractivity contribution < 1.29 is 27.2 Å². The summed E-state index contributed by atoms with van der Waals surface area (Å²) in [4.78, 5) is 13.5. The van der Waals surface area contributed by atoms with Crippen molar-refractivity contribution in [2.24, 2.45) is 5.92 Å². The number of amides is 1. The fourth-order valence-electron chi connectivity index (χ4n) is 2.20. The van der Waals surface area contributed by atoms with E-state index in [2.05, 4.69) is 9.68 Å². The predicted molar refractivity (Wildman–Crippen MR) is 62.0 cm³/mol. The summed E-state index contributed by atoms with van der Waals surface area (Å²) in [5.41, 5.74) is -1.80. The number of hydrogen-bond donors (Lipinski definition) is 0. The summed E-state index contributed by atoms with van der Waals surface area (Å²) in [6.45, 7) is 3.76. The number of likely N-dealkylation sites (tertiary alicyclic amines) is 1. The lowest BCUT2D eigenvalue weighted by Crippen LogP contribution is -2.30. The number of aromatic nitrogens is 1. The lowest BCUT2D eigenvalue weighted by molar-refractivity contribution is -0.143. The Morgan fingerprint density at radius 1 is 1.60 bits per heavy atom. The third-order valence-electron chi connectivity index (χ3n) is 3.20. The van der Waals surface area contributed by atoms with Crippen LogP contribution in [0.2, 0.25) is 0 Å². The molecule has 0 radical (unpaired) electrons. The molecule has 0 spiro atoms. The average Bonchev–Trinajstić information content (AvgIpc) is 3.03. The SMILES string of the molecule is CCOC[C@H]1CCN(C(=O)c2conc2C(F)(F)F)C1. The topological polar surface area (TPSA) is 55.6 Å². The van der Waals surface area contributed by atoms with Crippen molar-refractivity contribution in [3.8, 4) is 0 Å². The lowest BCUT2D eigenvalue weighted by atomic mass is 10.1. The minimum absolute atomic E-state index is 0.160. The molecule has 1 fully saturated rings. The maximum absolute atomic E-state index is 12.7. The number of alkyl halides is 3. The van der Waals surface area contributed by atoms with Gasteiger partial charge >= 0.3 is 6.18 Å². The van der Waals surface area contributed by atoms with Gasteiger partial charge < -0.3 is 14.2 Å². The minimum Gasteiger partial charge on any atom is -0.381 e. The Morgan fingerprint density at radius 3 is 3.00 bits per heavy atom. The molecular formula is C12H15F3N2O3. The molecule has 0 aliphatic carbocycles. The molecule has 2 rings (SSSR count). The molecule has 5 nitrogen and oxygen atoms in total. The molecule has 1 atom stereocenters. The maximum atomic E-state index is 12.7. The van der Waals surface area contributed by atoms with Gasteiger partial charge in [0.2, 0.25) is 0 Å². The Labute approximate surface area is 113 Å². The minimum atomic E-state index is -4.69. The first-order valence-electron chi connectivity index (χ1n) is 6.32. The van der Waals surface area contributed by atoms with E-state index < -0.39 is 23.3 Å². The molecule has 0 saturated carbocycles. The fourth-order valence-corrected chi connectivity index (χ4v) is 2.20. The standard InChI is InChI=1S/C12H15F3N2O3/c1-2-19-6-8-3-4-17(5-8)11(18)9-7-20-16-10(9)12(13,14)15/h7-8H,2-6H2,1H3/t8-/m0/s1. The van der Waals surface area contributed by atoms with Gasteiger partial charge in [-0.1, -0.05) is 5.16 Å². The van der Waals surface area contributed by atoms with Crippen molar-refractivity contribution in [1.29, 1.82) is 0 Å². The average molecular weight is 292 g/mol. The predicted octanol–water partition coefficient (Wildman–Crippen LogP) is 2.19. The number of carbonyl (C=O) groups is 1. The zero-order valence-electron chi connectivity index (χ0n) is 10.9. The molecule has 0 unspecified atom stereocenters. The van der Waals surface area contributed by atoms with Crippen LogP contribution < -0.4 is 0 Å². The first kappa shape index (κ1) is 14.8. The second-order valence-corrected chi connectivity index (χ2v) is 4.64. The van der Waals surface area contributed by atoms with Crippen molar-refractivity contribution in [2.75, 3.05) is 26.3 Å². The van der Waals surface area contributed by atoms with E-state index in [1.165, 1.54) is 4.90 Å². The summed E-state index contributed by atoms with van der Waals surface area (Å²) in [5.74, 6) is -0.536. The van der Waals surface area contributed by atoms with Crippen LogP contribution in [0.1, 0.15) is 29.4 Å². The first-order valence-corrected chi connectivity index (χ1v) is 6.32. The van der Waals surface area contributed by atoms with E-state index in [0.717, 1.165) is 12.7 Å². The summed E-state index contributed by atoms with van der Waals surface area (Å²) in [7, 11) is 0. The quantitative estimate of drug-likeness (QED) is 0.853. The summed E-state index contributed by atoms with van der Waals surface area (Å²) >= 11 is 0. The highest BCUT2D eigenvalue weighted by atomic mass is 19.4. The molecule has 0 aromatic carbocycles. The van der Waals surface area contributed by atoms with E-state index >= 15 is 0 Å². The van der Waals surface area contributed by atoms with Gasteiger partial charge in [0.05, 0.1) is 6.61 Å². The molecule has 1 aliphatic rings. The van der Waals surface area contributed by atoms with Crippen LogP contribution >= 0.6 is 0 Å². The van der Waals surface area contributed by atoms with Crippen LogP contribution in [0, 0.1) is 5.92 Å². The van der Waals surface area contributed by atoms with E-state index in [4.69, 9.17) is 4.74 Å². The Balaban J connectivity index is 2.04. The van der Waals surface area contributed by atoms with Gasteiger partial charge in [-0.05, 0) is 13.3 Å². The van der Waals surface area contributed by atoms with Crippen LogP contribution in [0.4, 0.5) is 13.2 Å². The Hall–Kier alpha value is -1.57. The number of carbonyl (C=O) groups excluding carboxylic acids is 1. The van der Waals surface area contributed by atoms with Crippen molar-refractivity contribution in [3.05, 3.63) is 17.5 Å². The summed E-state index contributed by atoms with van der Waals surface area (Å²) < 4.78 is 47.5. The first-order chi connectivity index (χ1) is 9.43. The van der Waals surface area contributed by atoms with Crippen LogP contribution in [-0.4, -0.2) is 42.3 Å². The largest absolute Gasteiger partial charge is 0.437 e. The Bertz CT molecular complexity index is 473. The van der Waals surface area contributed by atoms with E-state index in [1.807, 2.05) is 6.92 Å². The van der Waals surface area contributed by atoms with Gasteiger partial charge in [-0.2, -0.15) is 13.2 Å². The molecule has 1 aromatic rings. The van der Waals surface area contributed by atoms with Gasteiger partial charge in [-0.15, -0.1) is 0 Å². The lowest BCUT2D eigenvalue weighted by Gasteiger charge is -2.16. The molecule has 8 heteroatoms. The molecule has 0 N–H and O–H groups in total. The monoisotopic (exact) mass is 292 g/mol. The smallest absolute Gasteiger partial charge is 0.381 e. The van der Waals surface area contributed by atoms with E-state index in [-0.39, 0.29) is 5.92 Å². The van der Waals surface area contributed by atoms with Gasteiger partial charge in [0, 0.05) is 25.6 Å². The molecule has 0 bridgehead atoms. The van der Waals surface area contributed by atoms with Gasteiger partial charge in [-0.3, -0.25) is 4.79 Å². The van der Waals surface area contributed by atoms with Gasteiger partial charge in [0.25, 0.3) is 5.91 Å². The number of rotatable bonds is 4. The maximum Gasteiger partial charge on any atom is 0.437 e. The number of hydrogen-bond acceptors (Lipinski definition) is 4. The highest BCUT2D eigenvalue weighted by Crippen LogP contribution is 2.32. The molecule has 1 aliphatic heterocycles. The zero-order chi connectivity index (χ0) is 14.8. The van der Waals surface area contributed by atoms with Crippen LogP contribution in [0.3, 0.4) is 0 Å². The second kappa shape index (κ2) is 5.82. The Morgan fingerprint density at radius 2 is 2.35 bits per heavy atom. The Kier molecular flexibility index (Phi) is 4.32. The van der Waals surface area contributed by atoms with Crippen LogP contribution in [0.15, 0.2) is 10.8 Å². The van der Waals surface area contributed by atoms with Crippen molar-refractivity contribution in [3.63, 3.8) is 0 Å². The molecular weight excluding hydrogens is 277 g/mol. The normalized spacial score (nSPS) is 19.6. The van der Waals surface area contributed by atoms with Crippen molar-refractivity contribution in [1.82, 2.24) is 10.1 Å². The highest BCUT2D eigenvalue weighted by Gasteiger charge is 2.41. The zero-order valence-corrected chi connectivity index (χ0v) is 10.9. The molecule has 112 valence electrons. The van der Waals surface area contributed by atoms with Crippen molar-refractivity contribution >= 4 is 5.91 Å². The molecule has 20 heavy (non-hydrogen) atoms. The van der Waals surface area contributed by atoms with E-state index in [9.17, 15) is 18.0 Å². The van der Waals surface area contributed by atoms with Gasteiger partial charge in [0.1, 0.15) is 11.8 Å². The third kappa shape index (κ3) is 3.12. The van der Waals surface area contributed by atoms with Crippen LogP contribution in [0.5, 0.6) is 0 Å². The fraction of sp³-hybridized carbons (Fsp3) is 0.667. The number of halogens is 3. The summed E-state index contributed by atoms with van der Waals surface area (Å²) in [6, 6.07) is 0. The van der Waals surface area contributed by atoms with E-state index in [1.54, 1.807) is 0 Å². The summed E-state index contributed by atoms with van der Waals surface area (Å²) in [6.07, 6.45) is -3.22. The van der Waals surface area contributed by atoms with Gasteiger partial charge in [-0.25, -0.2) is 0 Å². The van der Waals surface area contributed by atoms with Crippen LogP contribution in [0.25, 0.3) is 0 Å². The van der Waals surface area contributed by atoms with Gasteiger partial charge in [0.15, 0.2) is 5.69 Å². The molecule has 1 saturated heterocycles. The summed E-state index contributed by atoms with van der Waals surface area (Å²) in [5, 5.41) is 2.88. The van der Waals surface area contributed by atoms with Crippen molar-refractivity contribution in [2.45, 2.75) is 19.5 Å². The highest BCUT2D eigenvalue weighted by molar-refractivity contribution is 5.95. The second-order valence-electron chi connectivity index (χ2n) is 4.64. The van der Waals surface area contributed by atoms with Crippen LogP contribution in [-0.2, 0) is 10.9 Å². The number of nitrogens with zero attached hydrogens (tertiary/aromatic N) is 2. The molecule has 2 heterocycles. The molecule has 1 aromatic heterocycles. The van der Waals surface area contributed by atoms with E-state index in [0.29, 0.717) is 26.3 Å².